The normalized spacial score (nSPS) is 19.3. The van der Waals surface area contributed by atoms with Crippen LogP contribution in [0, 0.1) is 34.4 Å². The van der Waals surface area contributed by atoms with E-state index in [1.807, 2.05) is 37.3 Å². The van der Waals surface area contributed by atoms with Crippen LogP contribution in [0.4, 0.5) is 0 Å². The van der Waals surface area contributed by atoms with Gasteiger partial charge in [-0.05, 0) is 40.0 Å². The van der Waals surface area contributed by atoms with E-state index in [0.29, 0.717) is 5.46 Å². The van der Waals surface area contributed by atoms with Crippen LogP contribution < -0.4 is 37.3 Å². The summed E-state index contributed by atoms with van der Waals surface area (Å²) in [6, 6.07) is 26.5. The molecular weight excluding hydrogens is 590 g/mol. The molecule has 0 aliphatic carbocycles. The second kappa shape index (κ2) is 10.0. The molecule has 0 unspecified atom stereocenters. The van der Waals surface area contributed by atoms with Crippen LogP contribution in [0.15, 0.2) is 91.1 Å². The Morgan fingerprint density at radius 2 is 1.22 bits per heavy atom. The Morgan fingerprint density at radius 1 is 0.633 bits per heavy atom. The number of imidazole rings is 1. The van der Waals surface area contributed by atoms with Crippen molar-refractivity contribution in [2.75, 3.05) is 0 Å². The van der Waals surface area contributed by atoms with Crippen molar-refractivity contribution in [3.8, 4) is 0 Å². The minimum absolute atomic E-state index is 0.00855. The first-order valence-electron chi connectivity index (χ1n) is 21.8. The molecule has 0 fully saturated rings. The van der Waals surface area contributed by atoms with Crippen LogP contribution in [-0.4, -0.2) is 17.8 Å². The fourth-order valence-electron chi connectivity index (χ4n) is 9.58. The number of rotatable bonds is 2. The molecule has 4 heterocycles. The maximum atomic E-state index is 8.78. The number of fused-ring (bicyclic) bond motifs is 5. The number of aromatic nitrogens is 2. The van der Waals surface area contributed by atoms with Gasteiger partial charge < -0.3 is 0 Å². The summed E-state index contributed by atoms with van der Waals surface area (Å²) in [4.78, 5) is 0. The molecule has 2 nitrogen and oxygen atoms in total. The zero-order valence-corrected chi connectivity index (χ0v) is 29.2. The number of nitrogens with zero attached hydrogens (tertiary/aromatic N) is 2. The lowest BCUT2D eigenvalue weighted by molar-refractivity contribution is -0.643. The molecule has 5 aromatic carbocycles. The fraction of sp³-hybridized carbons (Fsp3) is 0.267. The van der Waals surface area contributed by atoms with Gasteiger partial charge in [-0.15, -0.1) is 0 Å². The Morgan fingerprint density at radius 3 is 1.88 bits per heavy atom. The van der Waals surface area contributed by atoms with Crippen LogP contribution in [0.3, 0.4) is 0 Å². The SMILES string of the molecule is [2H]C([2H])([2H])c1cccc(C)c1B1c2ccccc2B(c2c(C([2H])([2H])[2H])cccc2C([2H])([2H])[2H])c2cc3c4cccc5c4n4c(c[n+](C)c4c3c(C)c21)C(C)(C)C5(C)C. The van der Waals surface area contributed by atoms with Gasteiger partial charge in [-0.2, -0.15) is 4.40 Å². The number of benzene rings is 5. The molecule has 0 saturated carbocycles. The van der Waals surface area contributed by atoms with Crippen molar-refractivity contribution in [2.24, 2.45) is 7.05 Å². The molecule has 0 N–H and O–H groups in total. The third-order valence-electron chi connectivity index (χ3n) is 12.6. The van der Waals surface area contributed by atoms with Crippen LogP contribution in [-0.2, 0) is 17.9 Å². The predicted molar refractivity (Wildman–Crippen MR) is 212 cm³/mol. The van der Waals surface area contributed by atoms with E-state index >= 15 is 0 Å². The third-order valence-corrected chi connectivity index (χ3v) is 12.6. The van der Waals surface area contributed by atoms with Gasteiger partial charge in [0.2, 0.25) is 13.4 Å². The van der Waals surface area contributed by atoms with Crippen molar-refractivity contribution < 1.29 is 16.9 Å². The van der Waals surface area contributed by atoms with E-state index in [1.165, 1.54) is 29.5 Å². The molecule has 0 radical (unpaired) electrons. The molecule has 4 heteroatoms. The summed E-state index contributed by atoms with van der Waals surface area (Å²) in [6.07, 6.45) is 2.24. The lowest BCUT2D eigenvalue weighted by Gasteiger charge is -2.43. The third kappa shape index (κ3) is 3.73. The summed E-state index contributed by atoms with van der Waals surface area (Å²) >= 11 is 0. The van der Waals surface area contributed by atoms with Crippen molar-refractivity contribution in [3.05, 3.63) is 130 Å². The molecule has 49 heavy (non-hydrogen) atoms. The summed E-state index contributed by atoms with van der Waals surface area (Å²) in [5.41, 5.74) is 10.2. The fourth-order valence-corrected chi connectivity index (χ4v) is 9.58. The average molecular weight is 645 g/mol. The number of aryl methyl sites for hydroxylation is 6. The van der Waals surface area contributed by atoms with E-state index < -0.39 is 34.0 Å². The molecule has 7 aromatic rings. The second-order valence-electron chi connectivity index (χ2n) is 15.5. The van der Waals surface area contributed by atoms with Gasteiger partial charge in [0.15, 0.2) is 5.69 Å². The smallest absolute Gasteiger partial charge is 0.232 e. The first kappa shape index (κ1) is 22.2. The number of hydrogen-bond acceptors (Lipinski definition) is 0. The second-order valence-corrected chi connectivity index (χ2v) is 15.5. The molecule has 0 atom stereocenters. The minimum Gasteiger partial charge on any atom is -0.232 e. The van der Waals surface area contributed by atoms with Crippen LogP contribution in [0.25, 0.3) is 27.3 Å². The number of pyridine rings is 1. The highest BCUT2D eigenvalue weighted by atomic mass is 15.1. The van der Waals surface area contributed by atoms with E-state index in [-0.39, 0.29) is 33.0 Å². The Kier molecular flexibility index (Phi) is 4.54. The van der Waals surface area contributed by atoms with Crippen molar-refractivity contribution >= 4 is 73.5 Å². The molecule has 2 aliphatic heterocycles. The Hall–Kier alpha value is -4.56. The Balaban J connectivity index is 1.56. The maximum absolute atomic E-state index is 8.78. The minimum atomic E-state index is -2.63. The molecule has 9 rings (SSSR count). The van der Waals surface area contributed by atoms with Crippen molar-refractivity contribution in [3.63, 3.8) is 0 Å². The highest BCUT2D eigenvalue weighted by Gasteiger charge is 2.51. The molecule has 240 valence electrons. The zero-order valence-electron chi connectivity index (χ0n) is 38.2. The highest BCUT2D eigenvalue weighted by Crippen LogP contribution is 2.51. The first-order chi connectivity index (χ1) is 27.0. The van der Waals surface area contributed by atoms with Gasteiger partial charge in [-0.3, -0.25) is 0 Å². The van der Waals surface area contributed by atoms with Crippen LogP contribution in [0.2, 0.25) is 0 Å². The van der Waals surface area contributed by atoms with Gasteiger partial charge in [0.05, 0.1) is 12.4 Å². The van der Waals surface area contributed by atoms with E-state index in [9.17, 15) is 0 Å². The van der Waals surface area contributed by atoms with Crippen molar-refractivity contribution in [1.29, 1.82) is 0 Å². The first-order valence-corrected chi connectivity index (χ1v) is 17.3. The van der Waals surface area contributed by atoms with Gasteiger partial charge in [0, 0.05) is 39.5 Å². The molecule has 2 aliphatic rings. The van der Waals surface area contributed by atoms with Gasteiger partial charge in [-0.25, -0.2) is 4.57 Å². The summed E-state index contributed by atoms with van der Waals surface area (Å²) in [7, 11) is 2.08. The lowest BCUT2D eigenvalue weighted by atomic mass is 9.20. The standard InChI is InChI=1S/C45H45B2N2/c1-26-16-13-17-27(2)39(26)46-34-22-11-12-23-35(34)47(40-28(3)18-14-19-29(40)4)41-30(5)38-32(24-36(41)46)31-20-15-21-33-42(31)49-37(25-48(10)43(38)49)45(8,9)44(33,6)7/h11-25H,1-10H3/q+1/i1D3,2D3,3D3. The van der Waals surface area contributed by atoms with Gasteiger partial charge in [-0.1, -0.05) is 168 Å². The average Bonchev–Trinajstić information content (AvgIpc) is 3.49. The number of hydrogen-bond donors (Lipinski definition) is 0. The molecule has 0 spiro atoms. The van der Waals surface area contributed by atoms with Crippen LogP contribution >= 0.6 is 0 Å². The van der Waals surface area contributed by atoms with Gasteiger partial charge in [0.1, 0.15) is 11.7 Å². The largest absolute Gasteiger partial charge is 0.295 e. The lowest BCUT2D eigenvalue weighted by Crippen LogP contribution is -2.76. The van der Waals surface area contributed by atoms with Crippen LogP contribution in [0.1, 0.15) is 79.1 Å². The topological polar surface area (TPSA) is 8.29 Å². The van der Waals surface area contributed by atoms with E-state index in [4.69, 9.17) is 12.3 Å². The summed E-state index contributed by atoms with van der Waals surface area (Å²) in [5.74, 6) is 0. The molecule has 2 aromatic heterocycles. The molecule has 0 saturated heterocycles. The van der Waals surface area contributed by atoms with Gasteiger partial charge in [0.25, 0.3) is 5.65 Å². The predicted octanol–water partition coefficient (Wildman–Crippen LogP) is 5.53. The monoisotopic (exact) mass is 644 g/mol. The Bertz CT molecular complexity index is 2880. The van der Waals surface area contributed by atoms with Crippen LogP contribution in [0.5, 0.6) is 0 Å². The van der Waals surface area contributed by atoms with E-state index in [2.05, 4.69) is 81.1 Å². The Labute approximate surface area is 304 Å². The summed E-state index contributed by atoms with van der Waals surface area (Å²) in [6.45, 7) is 4.22. The molecular formula is C45H45B2N2+. The highest BCUT2D eigenvalue weighted by molar-refractivity contribution is 7.12. The quantitative estimate of drug-likeness (QED) is 0.133. The zero-order chi connectivity index (χ0) is 41.8. The maximum Gasteiger partial charge on any atom is 0.295 e. The van der Waals surface area contributed by atoms with Crippen molar-refractivity contribution in [2.45, 2.75) is 72.9 Å². The number of para-hydroxylation sites is 1. The molecule has 0 bridgehead atoms. The summed E-state index contributed by atoms with van der Waals surface area (Å²) in [5, 5.41) is 3.03. The van der Waals surface area contributed by atoms with Gasteiger partial charge >= 0.3 is 0 Å². The summed E-state index contributed by atoms with van der Waals surface area (Å²) < 4.78 is 83.6. The molecule has 0 amide bonds. The van der Waals surface area contributed by atoms with E-state index in [0.717, 1.165) is 60.3 Å². The van der Waals surface area contributed by atoms with E-state index in [1.54, 1.807) is 12.1 Å². The van der Waals surface area contributed by atoms with Crippen molar-refractivity contribution in [1.82, 2.24) is 4.40 Å².